The highest BCUT2D eigenvalue weighted by Crippen LogP contribution is 2.54. The molecule has 1 aliphatic rings. The molecular formula is C25H29F3N2O5S. The number of nitrogens with two attached hydrogens (primary N) is 1. The summed E-state index contributed by atoms with van der Waals surface area (Å²) in [7, 11) is 2.95. The summed E-state index contributed by atoms with van der Waals surface area (Å²) in [5, 5.41) is 0. The Bertz CT molecular complexity index is 1120. The van der Waals surface area contributed by atoms with Crippen molar-refractivity contribution in [3.05, 3.63) is 35.4 Å². The number of unbranched alkanes of at least 4 members (excludes halogenated alkanes) is 3. The number of methoxy groups -OCH3 is 2. The molecule has 0 unspecified atom stereocenters. The van der Waals surface area contributed by atoms with Gasteiger partial charge in [-0.25, -0.2) is 4.79 Å². The van der Waals surface area contributed by atoms with Gasteiger partial charge in [-0.2, -0.15) is 13.2 Å². The minimum absolute atomic E-state index is 0.194. The maximum absolute atomic E-state index is 12.6. The molecule has 11 heteroatoms. The summed E-state index contributed by atoms with van der Waals surface area (Å²) < 4.78 is 52.9. The van der Waals surface area contributed by atoms with Crippen LogP contribution in [0.5, 0.6) is 11.5 Å². The van der Waals surface area contributed by atoms with Crippen LogP contribution in [0, 0.1) is 0 Å². The third-order valence-corrected chi connectivity index (χ3v) is 7.14. The van der Waals surface area contributed by atoms with Crippen molar-refractivity contribution in [2.45, 2.75) is 61.5 Å². The number of halogens is 3. The number of alkyl halides is 3. The highest BCUT2D eigenvalue weighted by atomic mass is 32.2. The van der Waals surface area contributed by atoms with Crippen molar-refractivity contribution in [1.82, 2.24) is 0 Å². The predicted molar refractivity (Wildman–Crippen MR) is 130 cm³/mol. The first-order valence-electron chi connectivity index (χ1n) is 11.5. The van der Waals surface area contributed by atoms with Gasteiger partial charge in [-0.1, -0.05) is 37.9 Å². The molecule has 0 aromatic heterocycles. The molecule has 0 amide bonds. The van der Waals surface area contributed by atoms with Crippen molar-refractivity contribution in [2.75, 3.05) is 25.7 Å². The van der Waals surface area contributed by atoms with Gasteiger partial charge in [0.05, 0.1) is 32.0 Å². The van der Waals surface area contributed by atoms with Crippen molar-refractivity contribution in [3.63, 3.8) is 0 Å². The van der Waals surface area contributed by atoms with Gasteiger partial charge in [-0.05, 0) is 30.7 Å². The highest BCUT2D eigenvalue weighted by molar-refractivity contribution is 7.99. The van der Waals surface area contributed by atoms with Crippen LogP contribution in [0.2, 0.25) is 0 Å². The van der Waals surface area contributed by atoms with Crippen molar-refractivity contribution in [3.8, 4) is 11.5 Å². The number of hydrogen-bond donors (Lipinski definition) is 1. The number of nitrogens with zero attached hydrogens (tertiary/aromatic N) is 1. The average Bonchev–Trinajstić information content (AvgIpc) is 2.84. The molecule has 0 atom stereocenters. The number of ether oxygens (including phenoxy) is 3. The highest BCUT2D eigenvalue weighted by Gasteiger charge is 2.42. The van der Waals surface area contributed by atoms with E-state index in [-0.39, 0.29) is 6.54 Å². The van der Waals surface area contributed by atoms with Crippen LogP contribution in [0.4, 0.5) is 24.5 Å². The Hall–Kier alpha value is -2.92. The van der Waals surface area contributed by atoms with E-state index in [1.165, 1.54) is 18.9 Å². The number of fused-ring (bicyclic) bond motifs is 2. The Labute approximate surface area is 212 Å². The molecule has 3 rings (SSSR count). The van der Waals surface area contributed by atoms with Gasteiger partial charge >= 0.3 is 18.1 Å². The van der Waals surface area contributed by atoms with Crippen LogP contribution < -0.4 is 20.1 Å². The van der Waals surface area contributed by atoms with E-state index >= 15 is 0 Å². The molecule has 0 bridgehead atoms. The van der Waals surface area contributed by atoms with Crippen molar-refractivity contribution in [2.24, 2.45) is 5.73 Å². The van der Waals surface area contributed by atoms with Crippen LogP contribution >= 0.6 is 11.8 Å². The molecule has 196 valence electrons. The molecule has 0 aliphatic carbocycles. The molecule has 2 aromatic rings. The largest absolute Gasteiger partial charge is 0.496 e. The lowest BCUT2D eigenvalue weighted by atomic mass is 10.1. The molecule has 0 radical (unpaired) electrons. The molecule has 2 aromatic carbocycles. The topological polar surface area (TPSA) is 91.1 Å². The molecule has 7 nitrogen and oxygen atoms in total. The Morgan fingerprint density at radius 3 is 2.06 bits per heavy atom. The smallest absolute Gasteiger partial charge is 0.491 e. The summed E-state index contributed by atoms with van der Waals surface area (Å²) in [6.07, 6.45) is -1.75. The third kappa shape index (κ3) is 5.89. The summed E-state index contributed by atoms with van der Waals surface area (Å²) in [5.41, 5.74) is 8.88. The zero-order valence-electron chi connectivity index (χ0n) is 20.4. The fourth-order valence-electron chi connectivity index (χ4n) is 4.10. The van der Waals surface area contributed by atoms with E-state index in [9.17, 15) is 22.8 Å². The number of carbonyl (C=O) groups is 2. The molecule has 1 heterocycles. The Morgan fingerprint density at radius 2 is 1.53 bits per heavy atom. The monoisotopic (exact) mass is 526 g/mol. The predicted octanol–water partition coefficient (Wildman–Crippen LogP) is 5.52. The summed E-state index contributed by atoms with van der Waals surface area (Å²) in [5.74, 6) is -2.97. The van der Waals surface area contributed by atoms with Gasteiger partial charge in [0.2, 0.25) is 0 Å². The van der Waals surface area contributed by atoms with Gasteiger partial charge < -0.3 is 24.8 Å². The first-order valence-corrected chi connectivity index (χ1v) is 12.3. The van der Waals surface area contributed by atoms with Gasteiger partial charge in [0.1, 0.15) is 11.5 Å². The van der Waals surface area contributed by atoms with E-state index in [0.717, 1.165) is 47.5 Å². The standard InChI is InChI=1S/C25H29F3N2O5S/c1-4-5-6-7-12-30-17-8-10-19(33-2)15(13-21(31)35-24(32)25(26,27)28)22(17)36-23-16(14-29)20(34-3)11-9-18(23)30/h8-11H,4-7,12-14,29H2,1-3H3. The van der Waals surface area contributed by atoms with Crippen molar-refractivity contribution in [1.29, 1.82) is 0 Å². The zero-order chi connectivity index (χ0) is 26.5. The first kappa shape index (κ1) is 27.7. The summed E-state index contributed by atoms with van der Waals surface area (Å²) >= 11 is 1.34. The molecule has 0 spiro atoms. The van der Waals surface area contributed by atoms with E-state index in [2.05, 4.69) is 16.6 Å². The SMILES string of the molecule is CCCCCCN1c2ccc(OC)c(CN)c2Sc2c1ccc(OC)c2CC(=O)OC(=O)C(F)(F)F. The lowest BCUT2D eigenvalue weighted by molar-refractivity contribution is -0.201. The van der Waals surface area contributed by atoms with Gasteiger partial charge in [-0.3, -0.25) is 4.79 Å². The maximum Gasteiger partial charge on any atom is 0.491 e. The summed E-state index contributed by atoms with van der Waals surface area (Å²) in [6.45, 7) is 3.00. The maximum atomic E-state index is 12.6. The second-order valence-corrected chi connectivity index (χ2v) is 9.16. The van der Waals surface area contributed by atoms with Gasteiger partial charge in [0.15, 0.2) is 0 Å². The van der Waals surface area contributed by atoms with E-state index in [1.807, 2.05) is 18.2 Å². The number of benzene rings is 2. The lowest BCUT2D eigenvalue weighted by Crippen LogP contribution is -2.29. The van der Waals surface area contributed by atoms with E-state index in [1.54, 1.807) is 13.2 Å². The summed E-state index contributed by atoms with van der Waals surface area (Å²) in [4.78, 5) is 27.1. The minimum atomic E-state index is -5.27. The number of rotatable bonds is 10. The number of esters is 2. The lowest BCUT2D eigenvalue weighted by Gasteiger charge is -2.35. The minimum Gasteiger partial charge on any atom is -0.496 e. The molecule has 1 aliphatic heterocycles. The zero-order valence-corrected chi connectivity index (χ0v) is 21.2. The molecule has 36 heavy (non-hydrogen) atoms. The van der Waals surface area contributed by atoms with Crippen LogP contribution in [-0.4, -0.2) is 38.9 Å². The van der Waals surface area contributed by atoms with Crippen LogP contribution in [0.1, 0.15) is 43.7 Å². The van der Waals surface area contributed by atoms with Crippen LogP contribution in [0.3, 0.4) is 0 Å². The number of anilines is 2. The van der Waals surface area contributed by atoms with Gasteiger partial charge in [0.25, 0.3) is 0 Å². The molecule has 2 N–H and O–H groups in total. The van der Waals surface area contributed by atoms with E-state index in [4.69, 9.17) is 15.2 Å². The van der Waals surface area contributed by atoms with E-state index < -0.39 is 24.5 Å². The first-order chi connectivity index (χ1) is 17.2. The number of hydrogen-bond acceptors (Lipinski definition) is 8. The average molecular weight is 527 g/mol. The van der Waals surface area contributed by atoms with Crippen LogP contribution in [0.25, 0.3) is 0 Å². The third-order valence-electron chi connectivity index (χ3n) is 5.82. The molecular weight excluding hydrogens is 497 g/mol. The fraction of sp³-hybridized carbons (Fsp3) is 0.440. The molecule has 0 saturated heterocycles. The molecule has 0 fully saturated rings. The quantitative estimate of drug-likeness (QED) is 0.246. The Kier molecular flexibility index (Phi) is 9.13. The van der Waals surface area contributed by atoms with Gasteiger partial charge in [-0.15, -0.1) is 0 Å². The fourth-order valence-corrected chi connectivity index (χ4v) is 5.47. The summed E-state index contributed by atoms with van der Waals surface area (Å²) in [6, 6.07) is 7.32. The van der Waals surface area contributed by atoms with Crippen molar-refractivity contribution < 1.29 is 37.0 Å². The number of carbonyl (C=O) groups excluding carboxylic acids is 2. The second-order valence-electron chi connectivity index (χ2n) is 8.14. The van der Waals surface area contributed by atoms with Crippen molar-refractivity contribution >= 4 is 35.1 Å². The van der Waals surface area contributed by atoms with Crippen LogP contribution in [-0.2, 0) is 27.3 Å². The molecule has 0 saturated carbocycles. The normalized spacial score (nSPS) is 12.6. The Morgan fingerprint density at radius 1 is 0.944 bits per heavy atom. The Balaban J connectivity index is 2.08. The second kappa shape index (κ2) is 11.9. The van der Waals surface area contributed by atoms with E-state index in [0.29, 0.717) is 28.5 Å². The van der Waals surface area contributed by atoms with Crippen LogP contribution in [0.15, 0.2) is 34.1 Å². The van der Waals surface area contributed by atoms with Gasteiger partial charge in [0, 0.05) is 34.0 Å².